The second kappa shape index (κ2) is 6.34. The number of aromatic amines is 1. The molecule has 0 saturated heterocycles. The third-order valence-electron chi connectivity index (χ3n) is 3.42. The van der Waals surface area contributed by atoms with Crippen molar-refractivity contribution in [1.82, 2.24) is 15.1 Å². The van der Waals surface area contributed by atoms with Crippen LogP contribution in [0.25, 0.3) is 0 Å². The molecule has 2 N–H and O–H groups in total. The van der Waals surface area contributed by atoms with E-state index < -0.39 is 0 Å². The van der Waals surface area contributed by atoms with E-state index in [1.54, 1.807) is 6.20 Å². The van der Waals surface area contributed by atoms with E-state index in [0.29, 0.717) is 6.54 Å². The van der Waals surface area contributed by atoms with E-state index in [-0.39, 0.29) is 11.9 Å². The maximum atomic E-state index is 12.3. The molecule has 0 spiro atoms. The van der Waals surface area contributed by atoms with Crippen LogP contribution in [0.2, 0.25) is 0 Å². The van der Waals surface area contributed by atoms with Crippen LogP contribution < -0.4 is 5.32 Å². The van der Waals surface area contributed by atoms with Crippen molar-refractivity contribution in [3.05, 3.63) is 47.8 Å². The van der Waals surface area contributed by atoms with Gasteiger partial charge in [0.25, 0.3) is 0 Å². The first-order valence-corrected chi connectivity index (χ1v) is 6.63. The molecule has 2 rings (SSSR count). The van der Waals surface area contributed by atoms with E-state index in [9.17, 15) is 4.79 Å². The first-order valence-electron chi connectivity index (χ1n) is 6.63. The minimum Gasteiger partial charge on any atom is -0.324 e. The molecule has 1 aromatic heterocycles. The lowest BCUT2D eigenvalue weighted by atomic mass is 10.2. The summed E-state index contributed by atoms with van der Waals surface area (Å²) in [5, 5.41) is 9.77. The van der Waals surface area contributed by atoms with Crippen molar-refractivity contribution in [1.29, 1.82) is 0 Å². The molecular formula is C15H20N4O. The van der Waals surface area contributed by atoms with Gasteiger partial charge in [-0.15, -0.1) is 0 Å². The predicted molar refractivity (Wildman–Crippen MR) is 79.3 cm³/mol. The molecular weight excluding hydrogens is 252 g/mol. The van der Waals surface area contributed by atoms with E-state index in [4.69, 9.17) is 0 Å². The SMILES string of the molecule is Cc1ccccc1NC(=O)[C@H](C)N(C)Cc1ccn[nH]1. The number of aromatic nitrogens is 2. The van der Waals surface area contributed by atoms with Gasteiger partial charge in [0.2, 0.25) is 5.91 Å². The van der Waals surface area contributed by atoms with Crippen LogP contribution in [0.4, 0.5) is 5.69 Å². The Balaban J connectivity index is 1.96. The van der Waals surface area contributed by atoms with Crippen molar-refractivity contribution >= 4 is 11.6 Å². The molecule has 1 heterocycles. The maximum Gasteiger partial charge on any atom is 0.241 e. The lowest BCUT2D eigenvalue weighted by Crippen LogP contribution is -2.39. The van der Waals surface area contributed by atoms with Gasteiger partial charge in [-0.3, -0.25) is 14.8 Å². The average molecular weight is 272 g/mol. The largest absolute Gasteiger partial charge is 0.324 e. The van der Waals surface area contributed by atoms with Gasteiger partial charge in [-0.05, 0) is 38.6 Å². The summed E-state index contributed by atoms with van der Waals surface area (Å²) in [7, 11) is 1.92. The van der Waals surface area contributed by atoms with Crippen molar-refractivity contribution in [2.24, 2.45) is 0 Å². The van der Waals surface area contributed by atoms with Gasteiger partial charge in [-0.2, -0.15) is 5.10 Å². The molecule has 0 aliphatic rings. The monoisotopic (exact) mass is 272 g/mol. The third-order valence-corrected chi connectivity index (χ3v) is 3.42. The minimum atomic E-state index is -0.224. The number of amides is 1. The molecule has 20 heavy (non-hydrogen) atoms. The number of benzene rings is 1. The van der Waals surface area contributed by atoms with Crippen LogP contribution >= 0.6 is 0 Å². The number of hydrogen-bond donors (Lipinski definition) is 2. The Morgan fingerprint density at radius 1 is 1.40 bits per heavy atom. The van der Waals surface area contributed by atoms with Gasteiger partial charge in [0.15, 0.2) is 0 Å². The highest BCUT2D eigenvalue weighted by molar-refractivity contribution is 5.95. The molecule has 5 nitrogen and oxygen atoms in total. The number of para-hydroxylation sites is 1. The van der Waals surface area contributed by atoms with Gasteiger partial charge in [0.1, 0.15) is 0 Å². The maximum absolute atomic E-state index is 12.3. The van der Waals surface area contributed by atoms with Gasteiger partial charge in [-0.25, -0.2) is 0 Å². The summed E-state index contributed by atoms with van der Waals surface area (Å²) in [6.45, 7) is 4.53. The summed E-state index contributed by atoms with van der Waals surface area (Å²) >= 11 is 0. The van der Waals surface area contributed by atoms with Crippen LogP contribution in [-0.4, -0.2) is 34.1 Å². The zero-order chi connectivity index (χ0) is 14.5. The molecule has 0 radical (unpaired) electrons. The number of hydrogen-bond acceptors (Lipinski definition) is 3. The highest BCUT2D eigenvalue weighted by atomic mass is 16.2. The molecule has 1 atom stereocenters. The van der Waals surface area contributed by atoms with Crippen molar-refractivity contribution in [3.8, 4) is 0 Å². The number of rotatable bonds is 5. The van der Waals surface area contributed by atoms with Crippen molar-refractivity contribution in [3.63, 3.8) is 0 Å². The number of carbonyl (C=O) groups is 1. The second-order valence-corrected chi connectivity index (χ2v) is 4.98. The summed E-state index contributed by atoms with van der Waals surface area (Å²) in [5.41, 5.74) is 2.91. The number of nitrogens with zero attached hydrogens (tertiary/aromatic N) is 2. The smallest absolute Gasteiger partial charge is 0.241 e. The Morgan fingerprint density at radius 3 is 2.80 bits per heavy atom. The Labute approximate surface area is 119 Å². The van der Waals surface area contributed by atoms with Crippen LogP contribution in [0.1, 0.15) is 18.2 Å². The second-order valence-electron chi connectivity index (χ2n) is 4.98. The highest BCUT2D eigenvalue weighted by Crippen LogP contribution is 2.14. The lowest BCUT2D eigenvalue weighted by Gasteiger charge is -2.23. The normalized spacial score (nSPS) is 12.4. The minimum absolute atomic E-state index is 0.0127. The van der Waals surface area contributed by atoms with Crippen LogP contribution in [0.3, 0.4) is 0 Å². The molecule has 1 aromatic carbocycles. The molecule has 5 heteroatoms. The molecule has 0 unspecified atom stereocenters. The van der Waals surface area contributed by atoms with Gasteiger partial charge in [0.05, 0.1) is 6.04 Å². The number of H-pyrrole nitrogens is 1. The van der Waals surface area contributed by atoms with Crippen molar-refractivity contribution < 1.29 is 4.79 Å². The van der Waals surface area contributed by atoms with E-state index in [2.05, 4.69) is 15.5 Å². The molecule has 0 aliphatic heterocycles. The van der Waals surface area contributed by atoms with Crippen LogP contribution in [0.15, 0.2) is 36.5 Å². The molecule has 0 saturated carbocycles. The zero-order valence-electron chi connectivity index (χ0n) is 12.1. The lowest BCUT2D eigenvalue weighted by molar-refractivity contribution is -0.120. The number of carbonyl (C=O) groups excluding carboxylic acids is 1. The van der Waals surface area contributed by atoms with E-state index in [1.807, 2.05) is 56.1 Å². The van der Waals surface area contributed by atoms with Crippen LogP contribution in [-0.2, 0) is 11.3 Å². The summed E-state index contributed by atoms with van der Waals surface area (Å²) < 4.78 is 0. The van der Waals surface area contributed by atoms with Crippen LogP contribution in [0.5, 0.6) is 0 Å². The fraction of sp³-hybridized carbons (Fsp3) is 0.333. The molecule has 0 aliphatic carbocycles. The number of aryl methyl sites for hydroxylation is 1. The number of likely N-dealkylation sites (N-methyl/N-ethyl adjacent to an activating group) is 1. The summed E-state index contributed by atoms with van der Waals surface area (Å²) in [4.78, 5) is 14.2. The van der Waals surface area contributed by atoms with Gasteiger partial charge >= 0.3 is 0 Å². The molecule has 2 aromatic rings. The summed E-state index contributed by atoms with van der Waals surface area (Å²) in [6, 6.07) is 9.45. The Bertz CT molecular complexity index is 565. The van der Waals surface area contributed by atoms with Crippen molar-refractivity contribution in [2.45, 2.75) is 26.4 Å². The molecule has 0 bridgehead atoms. The summed E-state index contributed by atoms with van der Waals surface area (Å²) in [5.74, 6) is -0.0127. The first kappa shape index (κ1) is 14.3. The molecule has 1 amide bonds. The third kappa shape index (κ3) is 3.45. The van der Waals surface area contributed by atoms with Crippen molar-refractivity contribution in [2.75, 3.05) is 12.4 Å². The Kier molecular flexibility index (Phi) is 4.53. The zero-order valence-corrected chi connectivity index (χ0v) is 12.1. The van der Waals surface area contributed by atoms with E-state index in [0.717, 1.165) is 16.9 Å². The summed E-state index contributed by atoms with van der Waals surface area (Å²) in [6.07, 6.45) is 1.71. The Morgan fingerprint density at radius 2 is 2.15 bits per heavy atom. The van der Waals surface area contributed by atoms with Crippen LogP contribution in [0, 0.1) is 6.92 Å². The van der Waals surface area contributed by atoms with Gasteiger partial charge < -0.3 is 5.32 Å². The standard InChI is InChI=1S/C15H20N4O/c1-11-6-4-5-7-14(11)17-15(20)12(2)19(3)10-13-8-9-16-18-13/h4-9,12H,10H2,1-3H3,(H,16,18)(H,17,20)/t12-/m0/s1. The van der Waals surface area contributed by atoms with E-state index >= 15 is 0 Å². The number of anilines is 1. The topological polar surface area (TPSA) is 61.0 Å². The number of nitrogens with one attached hydrogen (secondary N) is 2. The predicted octanol–water partition coefficient (Wildman–Crippen LogP) is 2.18. The average Bonchev–Trinajstić information content (AvgIpc) is 2.93. The van der Waals surface area contributed by atoms with E-state index in [1.165, 1.54) is 0 Å². The quantitative estimate of drug-likeness (QED) is 0.877. The molecule has 0 fully saturated rings. The first-order chi connectivity index (χ1) is 9.58. The molecule has 106 valence electrons. The fourth-order valence-corrected chi connectivity index (χ4v) is 1.93. The van der Waals surface area contributed by atoms with Gasteiger partial charge in [0, 0.05) is 24.1 Å². The Hall–Kier alpha value is -2.14. The highest BCUT2D eigenvalue weighted by Gasteiger charge is 2.19. The van der Waals surface area contributed by atoms with Gasteiger partial charge in [-0.1, -0.05) is 18.2 Å². The fourth-order valence-electron chi connectivity index (χ4n) is 1.93.